The van der Waals surface area contributed by atoms with E-state index < -0.39 is 10.0 Å². The van der Waals surface area contributed by atoms with Gasteiger partial charge in [0, 0.05) is 12.5 Å². The van der Waals surface area contributed by atoms with Crippen LogP contribution in [0.1, 0.15) is 26.3 Å². The van der Waals surface area contributed by atoms with E-state index in [0.29, 0.717) is 21.5 Å². The number of amides is 2. The molecule has 2 rings (SSSR count). The average molecular weight is 482 g/mol. The number of carbonyl (C=O) groups is 2. The predicted molar refractivity (Wildman–Crippen MR) is 120 cm³/mol. The van der Waals surface area contributed by atoms with Crippen LogP contribution in [0.15, 0.2) is 29.2 Å². The molecule has 1 N–H and O–H groups in total. The highest BCUT2D eigenvalue weighted by Crippen LogP contribution is 2.34. The number of likely N-dealkylation sites (N-methyl/N-ethyl adjacent to an activating group) is 1. The van der Waals surface area contributed by atoms with Gasteiger partial charge in [-0.15, -0.1) is 0 Å². The fourth-order valence-corrected chi connectivity index (χ4v) is 3.86. The maximum atomic E-state index is 12.3. The molecule has 1 aromatic carbocycles. The van der Waals surface area contributed by atoms with Crippen LogP contribution in [0.5, 0.6) is 5.75 Å². The Kier molecular flexibility index (Phi) is 8.05. The molecule has 1 unspecified atom stereocenters. The summed E-state index contributed by atoms with van der Waals surface area (Å²) in [6, 6.07) is 6.84. The first kappa shape index (κ1) is 23.3. The van der Waals surface area contributed by atoms with Gasteiger partial charge in [-0.2, -0.15) is 0 Å². The zero-order valence-corrected chi connectivity index (χ0v) is 19.3. The molecule has 0 aromatic heterocycles. The lowest BCUT2D eigenvalue weighted by Gasteiger charge is -2.27. The second kappa shape index (κ2) is 9.67. The largest absolute Gasteiger partial charge is 0.466 e. The molecule has 2 amide bonds. The quantitative estimate of drug-likeness (QED) is 0.275. The minimum absolute atomic E-state index is 0.106. The Morgan fingerprint density at radius 1 is 1.32 bits per heavy atom. The Hall–Kier alpha value is -0.990. The van der Waals surface area contributed by atoms with Crippen LogP contribution < -0.4 is 10.1 Å². The van der Waals surface area contributed by atoms with Gasteiger partial charge in [-0.25, -0.2) is 0 Å². The number of nitrogens with one attached hydrogen (secondary N) is 1. The van der Waals surface area contributed by atoms with Crippen molar-refractivity contribution in [3.05, 3.63) is 34.7 Å². The van der Waals surface area contributed by atoms with E-state index in [1.165, 1.54) is 11.8 Å². The van der Waals surface area contributed by atoms with Crippen LogP contribution in [-0.4, -0.2) is 37.6 Å². The fraction of sp³-hybridized carbons (Fsp3) is 0.389. The van der Waals surface area contributed by atoms with Gasteiger partial charge < -0.3 is 10.1 Å². The van der Waals surface area contributed by atoms with E-state index in [1.807, 2.05) is 6.92 Å². The van der Waals surface area contributed by atoms with E-state index in [1.54, 1.807) is 49.1 Å². The molecule has 0 bridgehead atoms. The first-order valence-corrected chi connectivity index (χ1v) is 10.8. The Bertz CT molecular complexity index is 792. The molecule has 1 heterocycles. The van der Waals surface area contributed by atoms with Crippen LogP contribution in [0.4, 0.5) is 0 Å². The zero-order chi connectivity index (χ0) is 21.1. The molecule has 0 saturated carbocycles. The van der Waals surface area contributed by atoms with Gasteiger partial charge in [0.25, 0.3) is 5.91 Å². The van der Waals surface area contributed by atoms with Crippen LogP contribution in [0, 0.1) is 5.92 Å². The van der Waals surface area contributed by atoms with Crippen LogP contribution in [0.2, 0.25) is 0 Å². The van der Waals surface area contributed by atoms with Gasteiger partial charge in [0.05, 0.1) is 4.91 Å². The molecule has 1 aliphatic heterocycles. The van der Waals surface area contributed by atoms with Crippen molar-refractivity contribution in [3.63, 3.8) is 0 Å². The van der Waals surface area contributed by atoms with E-state index in [2.05, 4.69) is 5.32 Å². The predicted octanol–water partition coefficient (Wildman–Crippen LogP) is 4.76. The van der Waals surface area contributed by atoms with Crippen LogP contribution >= 0.6 is 58.8 Å². The summed E-state index contributed by atoms with van der Waals surface area (Å²) in [7, 11) is 0. The number of thiocarbonyl (C=S) groups is 1. The topological polar surface area (TPSA) is 58.6 Å². The summed E-state index contributed by atoms with van der Waals surface area (Å²) < 4.78 is 4.34. The van der Waals surface area contributed by atoms with E-state index in [-0.39, 0.29) is 17.7 Å². The third-order valence-electron chi connectivity index (χ3n) is 3.72. The Balaban J connectivity index is 2.13. The highest BCUT2D eigenvalue weighted by atomic mass is 35.6. The normalized spacial score (nSPS) is 17.4. The van der Waals surface area contributed by atoms with Gasteiger partial charge >= 0.3 is 0 Å². The van der Waals surface area contributed by atoms with E-state index >= 15 is 0 Å². The first-order chi connectivity index (χ1) is 13.0. The number of carbonyl (C=O) groups excluding carboxylic acids is 2. The van der Waals surface area contributed by atoms with Crippen molar-refractivity contribution in [2.45, 2.75) is 30.8 Å². The number of halogens is 3. The minimum atomic E-state index is -1.85. The number of nitrogens with zero attached hydrogens (tertiary/aromatic N) is 1. The summed E-state index contributed by atoms with van der Waals surface area (Å²) in [5.41, 5.74) is 0.792. The molecule has 5 nitrogen and oxygen atoms in total. The molecule has 1 atom stereocenters. The molecule has 28 heavy (non-hydrogen) atoms. The fourth-order valence-electron chi connectivity index (χ4n) is 2.18. The van der Waals surface area contributed by atoms with E-state index in [9.17, 15) is 9.59 Å². The van der Waals surface area contributed by atoms with Gasteiger partial charge in [0.2, 0.25) is 15.9 Å². The summed E-state index contributed by atoms with van der Waals surface area (Å²) >= 11 is 24.2. The van der Waals surface area contributed by atoms with Crippen molar-refractivity contribution in [2.75, 3.05) is 6.54 Å². The highest BCUT2D eigenvalue weighted by molar-refractivity contribution is 8.26. The summed E-state index contributed by atoms with van der Waals surface area (Å²) in [5, 5.41) is 2.56. The Morgan fingerprint density at radius 2 is 1.93 bits per heavy atom. The van der Waals surface area contributed by atoms with Gasteiger partial charge in [0.15, 0.2) is 0 Å². The van der Waals surface area contributed by atoms with E-state index in [0.717, 1.165) is 5.56 Å². The molecule has 152 valence electrons. The smallest absolute Gasteiger partial charge is 0.266 e. The van der Waals surface area contributed by atoms with Crippen molar-refractivity contribution in [3.8, 4) is 5.75 Å². The molecule has 1 fully saturated rings. The third kappa shape index (κ3) is 6.00. The number of hydrogen-bond acceptors (Lipinski definition) is 5. The first-order valence-electron chi connectivity index (χ1n) is 8.42. The Labute approximate surface area is 188 Å². The minimum Gasteiger partial charge on any atom is -0.466 e. The summed E-state index contributed by atoms with van der Waals surface area (Å²) in [6.07, 6.45) is 0.602. The van der Waals surface area contributed by atoms with E-state index in [4.69, 9.17) is 51.8 Å². The number of alkyl halides is 3. The molecule has 0 aliphatic carbocycles. The standard InChI is InChI=1S/C18H19Cl3N2O3S2/c1-4-23-15(25)13(28-17(23)27)9-11-5-7-12(8-6-11)26-16(18(19,20)21)22-14(24)10(2)3/h5-10,16H,4H2,1-3H3,(H,22,24). The zero-order valence-electron chi connectivity index (χ0n) is 15.4. The molecule has 1 aliphatic rings. The lowest BCUT2D eigenvalue weighted by molar-refractivity contribution is -0.126. The highest BCUT2D eigenvalue weighted by Gasteiger charge is 2.36. The van der Waals surface area contributed by atoms with Crippen LogP contribution in [-0.2, 0) is 9.59 Å². The number of benzene rings is 1. The SMILES string of the molecule is CCN1C(=O)C(=Cc2ccc(OC(NC(=O)C(C)C)C(Cl)(Cl)Cl)cc2)SC1=S. The number of thioether (sulfide) groups is 1. The molecule has 0 radical (unpaired) electrons. The second-order valence-electron chi connectivity index (χ2n) is 6.20. The molecule has 10 heteroatoms. The monoisotopic (exact) mass is 480 g/mol. The van der Waals surface area contributed by atoms with Crippen molar-refractivity contribution in [2.24, 2.45) is 5.92 Å². The molecule has 1 aromatic rings. The van der Waals surface area contributed by atoms with Crippen LogP contribution in [0.3, 0.4) is 0 Å². The number of hydrogen-bond donors (Lipinski definition) is 1. The molecular formula is C18H19Cl3N2O3S2. The van der Waals surface area contributed by atoms with Crippen LogP contribution in [0.25, 0.3) is 6.08 Å². The van der Waals surface area contributed by atoms with Gasteiger partial charge in [-0.05, 0) is 30.7 Å². The van der Waals surface area contributed by atoms with Gasteiger partial charge in [0.1, 0.15) is 10.1 Å². The van der Waals surface area contributed by atoms with Crippen molar-refractivity contribution in [1.29, 1.82) is 0 Å². The summed E-state index contributed by atoms with van der Waals surface area (Å²) in [6.45, 7) is 5.86. The summed E-state index contributed by atoms with van der Waals surface area (Å²) in [4.78, 5) is 26.3. The van der Waals surface area contributed by atoms with Gasteiger partial charge in [-0.3, -0.25) is 14.5 Å². The van der Waals surface area contributed by atoms with Crippen molar-refractivity contribution >= 4 is 81.0 Å². The van der Waals surface area contributed by atoms with Gasteiger partial charge in [-0.1, -0.05) is 84.8 Å². The van der Waals surface area contributed by atoms with Crippen molar-refractivity contribution in [1.82, 2.24) is 10.2 Å². The number of rotatable bonds is 6. The molecular weight excluding hydrogens is 463 g/mol. The average Bonchev–Trinajstić information content (AvgIpc) is 2.87. The molecule has 1 saturated heterocycles. The maximum Gasteiger partial charge on any atom is 0.266 e. The Morgan fingerprint density at radius 3 is 2.39 bits per heavy atom. The molecule has 0 spiro atoms. The summed E-state index contributed by atoms with van der Waals surface area (Å²) in [5.74, 6) is -0.294. The lowest BCUT2D eigenvalue weighted by Crippen LogP contribution is -2.49. The number of ether oxygens (including phenoxy) is 1. The van der Waals surface area contributed by atoms with Crippen molar-refractivity contribution < 1.29 is 14.3 Å². The third-order valence-corrected chi connectivity index (χ3v) is 5.69. The second-order valence-corrected chi connectivity index (χ2v) is 10.2. The maximum absolute atomic E-state index is 12.3. The lowest BCUT2D eigenvalue weighted by atomic mass is 10.2.